The van der Waals surface area contributed by atoms with Crippen LogP contribution in [0.15, 0.2) is 0 Å². The summed E-state index contributed by atoms with van der Waals surface area (Å²) in [5, 5.41) is 11.6. The third-order valence-corrected chi connectivity index (χ3v) is 4.08. The van der Waals surface area contributed by atoms with Gasteiger partial charge in [-0.15, -0.1) is 0 Å². The zero-order valence-corrected chi connectivity index (χ0v) is 11.7. The molecule has 0 aromatic heterocycles. The van der Waals surface area contributed by atoms with Gasteiger partial charge in [-0.05, 0) is 6.42 Å². The highest BCUT2D eigenvalue weighted by Gasteiger charge is 2.35. The van der Waals surface area contributed by atoms with Gasteiger partial charge in [0.25, 0.3) is 0 Å². The second-order valence-electron chi connectivity index (χ2n) is 5.77. The lowest BCUT2D eigenvalue weighted by Gasteiger charge is -2.23. The van der Waals surface area contributed by atoms with E-state index in [-0.39, 0.29) is 5.54 Å². The SMILES string of the molecule is CCCCCCCCCCC1(C)CCC=[N+]1[O-]. The van der Waals surface area contributed by atoms with Crippen molar-refractivity contribution in [2.75, 3.05) is 0 Å². The van der Waals surface area contributed by atoms with Gasteiger partial charge in [0.1, 0.15) is 0 Å². The number of nitrogens with zero attached hydrogens (tertiary/aromatic N) is 1. The van der Waals surface area contributed by atoms with Crippen LogP contribution in [0.25, 0.3) is 0 Å². The molecule has 1 unspecified atom stereocenters. The van der Waals surface area contributed by atoms with Crippen molar-refractivity contribution in [2.24, 2.45) is 0 Å². The fraction of sp³-hybridized carbons (Fsp3) is 0.933. The van der Waals surface area contributed by atoms with Gasteiger partial charge in [0.05, 0.1) is 0 Å². The van der Waals surface area contributed by atoms with Crippen molar-refractivity contribution in [3.63, 3.8) is 0 Å². The number of hydroxylamine groups is 1. The Morgan fingerprint density at radius 3 is 2.18 bits per heavy atom. The standard InChI is InChI=1S/C15H29NO/c1-3-4-5-6-7-8-9-10-12-15(2)13-11-14-16(15)17/h14H,3-13H2,1-2H3. The van der Waals surface area contributed by atoms with Crippen molar-refractivity contribution in [2.45, 2.75) is 90.0 Å². The minimum absolute atomic E-state index is 0.0811. The summed E-state index contributed by atoms with van der Waals surface area (Å²) in [4.78, 5) is 0. The molecule has 17 heavy (non-hydrogen) atoms. The molecule has 2 nitrogen and oxygen atoms in total. The van der Waals surface area contributed by atoms with Crippen LogP contribution in [0.1, 0.15) is 84.5 Å². The Kier molecular flexibility index (Phi) is 6.61. The Morgan fingerprint density at radius 1 is 1.06 bits per heavy atom. The summed E-state index contributed by atoms with van der Waals surface area (Å²) in [6.07, 6.45) is 15.7. The van der Waals surface area contributed by atoms with E-state index in [1.807, 2.05) is 6.21 Å². The molecule has 0 aromatic carbocycles. The van der Waals surface area contributed by atoms with E-state index in [0.717, 1.165) is 19.3 Å². The van der Waals surface area contributed by atoms with Gasteiger partial charge in [0.2, 0.25) is 0 Å². The normalized spacial score (nSPS) is 24.0. The van der Waals surface area contributed by atoms with Crippen molar-refractivity contribution in [1.82, 2.24) is 0 Å². The average molecular weight is 239 g/mol. The van der Waals surface area contributed by atoms with Gasteiger partial charge in [0, 0.05) is 26.2 Å². The molecule has 0 aromatic rings. The second kappa shape index (κ2) is 7.73. The van der Waals surface area contributed by atoms with Crippen molar-refractivity contribution in [3.05, 3.63) is 5.21 Å². The molecule has 1 rings (SSSR count). The molecule has 0 fully saturated rings. The number of hydrogen-bond acceptors (Lipinski definition) is 1. The summed E-state index contributed by atoms with van der Waals surface area (Å²) >= 11 is 0. The molecule has 0 saturated carbocycles. The molecule has 1 heterocycles. The topological polar surface area (TPSA) is 26.1 Å². The van der Waals surface area contributed by atoms with E-state index in [0.29, 0.717) is 0 Å². The molecule has 100 valence electrons. The Morgan fingerprint density at radius 2 is 1.65 bits per heavy atom. The summed E-state index contributed by atoms with van der Waals surface area (Å²) in [5.41, 5.74) is -0.0811. The minimum atomic E-state index is -0.0811. The van der Waals surface area contributed by atoms with E-state index in [2.05, 4.69) is 13.8 Å². The summed E-state index contributed by atoms with van der Waals surface area (Å²) in [6.45, 7) is 4.37. The number of unbranched alkanes of at least 4 members (excludes halogenated alkanes) is 7. The molecule has 0 bridgehead atoms. The lowest BCUT2D eigenvalue weighted by atomic mass is 9.92. The van der Waals surface area contributed by atoms with Crippen LogP contribution in [0.3, 0.4) is 0 Å². The Labute approximate surface area is 107 Å². The first-order valence-corrected chi connectivity index (χ1v) is 7.49. The highest BCUT2D eigenvalue weighted by atomic mass is 16.5. The lowest BCUT2D eigenvalue weighted by Crippen LogP contribution is -2.31. The van der Waals surface area contributed by atoms with E-state index < -0.39 is 0 Å². The highest BCUT2D eigenvalue weighted by Crippen LogP contribution is 2.27. The molecule has 0 spiro atoms. The van der Waals surface area contributed by atoms with E-state index >= 15 is 0 Å². The number of hydrogen-bond donors (Lipinski definition) is 0. The predicted molar refractivity (Wildman–Crippen MR) is 74.6 cm³/mol. The molecular weight excluding hydrogens is 210 g/mol. The van der Waals surface area contributed by atoms with Crippen LogP contribution >= 0.6 is 0 Å². The van der Waals surface area contributed by atoms with Crippen LogP contribution in [-0.4, -0.2) is 16.5 Å². The summed E-state index contributed by atoms with van der Waals surface area (Å²) in [7, 11) is 0. The maximum Gasteiger partial charge on any atom is 0.170 e. The largest absolute Gasteiger partial charge is 0.624 e. The van der Waals surface area contributed by atoms with Gasteiger partial charge in [-0.3, -0.25) is 0 Å². The highest BCUT2D eigenvalue weighted by molar-refractivity contribution is 5.53. The summed E-state index contributed by atoms with van der Waals surface area (Å²) in [6, 6.07) is 0. The molecule has 0 aliphatic carbocycles. The summed E-state index contributed by atoms with van der Waals surface area (Å²) < 4.78 is 1.20. The first-order chi connectivity index (χ1) is 8.19. The second-order valence-corrected chi connectivity index (χ2v) is 5.77. The van der Waals surface area contributed by atoms with Crippen LogP contribution in [0, 0.1) is 5.21 Å². The average Bonchev–Trinajstić information content (AvgIpc) is 2.63. The predicted octanol–water partition coefficient (Wildman–Crippen LogP) is 4.65. The van der Waals surface area contributed by atoms with Crippen LogP contribution < -0.4 is 0 Å². The quantitative estimate of drug-likeness (QED) is 0.327. The van der Waals surface area contributed by atoms with Crippen LogP contribution in [0.5, 0.6) is 0 Å². The molecule has 2 heteroatoms. The van der Waals surface area contributed by atoms with Crippen LogP contribution in [0.2, 0.25) is 0 Å². The van der Waals surface area contributed by atoms with Gasteiger partial charge in [0.15, 0.2) is 11.8 Å². The van der Waals surface area contributed by atoms with Crippen molar-refractivity contribution in [3.8, 4) is 0 Å². The first-order valence-electron chi connectivity index (χ1n) is 7.49. The van der Waals surface area contributed by atoms with Gasteiger partial charge in [-0.2, -0.15) is 0 Å². The van der Waals surface area contributed by atoms with Crippen LogP contribution in [-0.2, 0) is 0 Å². The fourth-order valence-electron chi connectivity index (χ4n) is 2.70. The van der Waals surface area contributed by atoms with Crippen LogP contribution in [0.4, 0.5) is 0 Å². The Hall–Kier alpha value is -0.530. The van der Waals surface area contributed by atoms with Gasteiger partial charge >= 0.3 is 0 Å². The fourth-order valence-corrected chi connectivity index (χ4v) is 2.70. The molecule has 1 atom stereocenters. The molecule has 0 N–H and O–H groups in total. The van der Waals surface area contributed by atoms with Crippen molar-refractivity contribution >= 4 is 6.21 Å². The van der Waals surface area contributed by atoms with Gasteiger partial charge in [-0.1, -0.05) is 51.9 Å². The van der Waals surface area contributed by atoms with E-state index in [9.17, 15) is 5.21 Å². The Bertz CT molecular complexity index is 237. The van der Waals surface area contributed by atoms with E-state index in [4.69, 9.17) is 0 Å². The monoisotopic (exact) mass is 239 g/mol. The smallest absolute Gasteiger partial charge is 0.170 e. The third kappa shape index (κ3) is 5.10. The van der Waals surface area contributed by atoms with Crippen molar-refractivity contribution in [1.29, 1.82) is 0 Å². The minimum Gasteiger partial charge on any atom is -0.624 e. The lowest BCUT2D eigenvalue weighted by molar-refractivity contribution is -0.534. The summed E-state index contributed by atoms with van der Waals surface area (Å²) in [5.74, 6) is 0. The first kappa shape index (κ1) is 14.5. The van der Waals surface area contributed by atoms with E-state index in [1.54, 1.807) is 0 Å². The Balaban J connectivity index is 1.96. The molecule has 0 radical (unpaired) electrons. The van der Waals surface area contributed by atoms with Gasteiger partial charge in [-0.25, -0.2) is 4.74 Å². The molecule has 1 aliphatic rings. The maximum absolute atomic E-state index is 11.6. The third-order valence-electron chi connectivity index (χ3n) is 4.08. The molecule has 0 saturated heterocycles. The zero-order valence-electron chi connectivity index (χ0n) is 11.7. The van der Waals surface area contributed by atoms with E-state index in [1.165, 1.54) is 56.1 Å². The molecule has 0 amide bonds. The van der Waals surface area contributed by atoms with Crippen molar-refractivity contribution < 1.29 is 4.74 Å². The molecular formula is C15H29NO. The molecule has 1 aliphatic heterocycles. The zero-order chi connectivity index (χ0) is 12.6. The number of rotatable bonds is 9. The maximum atomic E-state index is 11.6. The van der Waals surface area contributed by atoms with Gasteiger partial charge < -0.3 is 5.21 Å².